The van der Waals surface area contributed by atoms with Crippen LogP contribution in [0.4, 0.5) is 0 Å². The van der Waals surface area contributed by atoms with E-state index in [1.807, 2.05) is 6.92 Å². The highest BCUT2D eigenvalue weighted by Gasteiger charge is 2.41. The van der Waals surface area contributed by atoms with Crippen LogP contribution in [0.3, 0.4) is 0 Å². The second-order valence-electron chi connectivity index (χ2n) is 10.3. The minimum absolute atomic E-state index is 0.0318. The number of nitrogens with zero attached hydrogens (tertiary/aromatic N) is 1. The Morgan fingerprint density at radius 1 is 0.914 bits per heavy atom. The summed E-state index contributed by atoms with van der Waals surface area (Å²) in [6.07, 6.45) is 5.65. The number of aliphatic hydroxyl groups is 4. The van der Waals surface area contributed by atoms with Crippen LogP contribution in [0.15, 0.2) is 0 Å². The molecule has 35 heavy (non-hydrogen) atoms. The lowest BCUT2D eigenvalue weighted by Gasteiger charge is -2.41. The summed E-state index contributed by atoms with van der Waals surface area (Å²) in [6.45, 7) is 2.38. The van der Waals surface area contributed by atoms with E-state index in [0.717, 1.165) is 51.4 Å². The summed E-state index contributed by atoms with van der Waals surface area (Å²) in [5, 5.41) is 39.2. The Morgan fingerprint density at radius 2 is 1.54 bits per heavy atom. The van der Waals surface area contributed by atoms with Gasteiger partial charge in [0.2, 0.25) is 5.91 Å². The summed E-state index contributed by atoms with van der Waals surface area (Å²) in [4.78, 5) is 26.3. The van der Waals surface area contributed by atoms with Crippen LogP contribution in [0, 0.1) is 5.92 Å². The molecular weight excluding hydrogens is 454 g/mol. The Hall–Kier alpha value is -1.10. The molecular formula is C26H47NO8. The number of hydrogen-bond donors (Lipinski definition) is 4. The molecule has 0 saturated carbocycles. The highest BCUT2D eigenvalue weighted by atomic mass is 16.5. The van der Waals surface area contributed by atoms with E-state index in [4.69, 9.17) is 9.47 Å². The van der Waals surface area contributed by atoms with Gasteiger partial charge in [0.1, 0.15) is 18.0 Å². The van der Waals surface area contributed by atoms with Crippen molar-refractivity contribution < 1.29 is 39.5 Å². The number of β-amino-alcohol motifs (C(OH)–C–C–N with tert-alkyl or cyclic N) is 1. The number of rotatable bonds is 16. The third-order valence-corrected chi connectivity index (χ3v) is 7.50. The fourth-order valence-electron chi connectivity index (χ4n) is 5.27. The molecule has 4 N–H and O–H groups in total. The minimum Gasteiger partial charge on any atom is -0.394 e. The molecule has 0 aromatic heterocycles. The molecule has 0 spiro atoms. The number of carbonyl (C=O) groups excluding carboxylic acids is 2. The minimum atomic E-state index is -1.06. The molecule has 9 nitrogen and oxygen atoms in total. The van der Waals surface area contributed by atoms with Gasteiger partial charge in [0, 0.05) is 38.8 Å². The van der Waals surface area contributed by atoms with Crippen LogP contribution in [0.5, 0.6) is 0 Å². The molecule has 0 aromatic rings. The molecule has 5 unspecified atom stereocenters. The molecule has 0 aliphatic carbocycles. The summed E-state index contributed by atoms with van der Waals surface area (Å²) >= 11 is 0. The van der Waals surface area contributed by atoms with Gasteiger partial charge in [0.05, 0.1) is 37.6 Å². The Kier molecular flexibility index (Phi) is 13.7. The topological polar surface area (TPSA) is 137 Å². The first-order chi connectivity index (χ1) is 16.8. The number of likely N-dealkylation sites (tertiary alicyclic amines) is 1. The van der Waals surface area contributed by atoms with Crippen molar-refractivity contribution >= 4 is 11.7 Å². The van der Waals surface area contributed by atoms with Crippen LogP contribution in [0.25, 0.3) is 0 Å². The lowest BCUT2D eigenvalue weighted by Crippen LogP contribution is -2.54. The van der Waals surface area contributed by atoms with E-state index >= 15 is 0 Å². The number of amides is 1. The Labute approximate surface area is 209 Å². The molecule has 1 amide bonds. The van der Waals surface area contributed by atoms with E-state index in [-0.39, 0.29) is 36.4 Å². The van der Waals surface area contributed by atoms with Gasteiger partial charge < -0.3 is 34.8 Å². The van der Waals surface area contributed by atoms with E-state index in [9.17, 15) is 30.0 Å². The van der Waals surface area contributed by atoms with Crippen LogP contribution in [-0.4, -0.2) is 100 Å². The smallest absolute Gasteiger partial charge is 0.222 e. The third kappa shape index (κ3) is 9.70. The van der Waals surface area contributed by atoms with E-state index in [1.165, 1.54) is 0 Å². The molecule has 2 fully saturated rings. The number of ketones is 1. The summed E-state index contributed by atoms with van der Waals surface area (Å²) in [7, 11) is 1.61. The van der Waals surface area contributed by atoms with Crippen molar-refractivity contribution in [2.45, 2.75) is 121 Å². The summed E-state index contributed by atoms with van der Waals surface area (Å²) < 4.78 is 10.9. The van der Waals surface area contributed by atoms with Gasteiger partial charge in [-0.15, -0.1) is 0 Å². The molecule has 7 atom stereocenters. The zero-order chi connectivity index (χ0) is 25.8. The van der Waals surface area contributed by atoms with Crippen LogP contribution in [0.1, 0.15) is 84.0 Å². The zero-order valence-corrected chi connectivity index (χ0v) is 21.5. The first-order valence-corrected chi connectivity index (χ1v) is 13.4. The second kappa shape index (κ2) is 15.9. The molecule has 2 saturated heterocycles. The first kappa shape index (κ1) is 30.1. The molecule has 0 aromatic carbocycles. The lowest BCUT2D eigenvalue weighted by molar-refractivity contribution is -0.206. The van der Waals surface area contributed by atoms with Gasteiger partial charge in [-0.05, 0) is 32.1 Å². The maximum atomic E-state index is 12.4. The van der Waals surface area contributed by atoms with Crippen molar-refractivity contribution in [3.8, 4) is 0 Å². The first-order valence-electron chi connectivity index (χ1n) is 13.4. The van der Waals surface area contributed by atoms with E-state index in [1.54, 1.807) is 12.0 Å². The molecule has 2 rings (SSSR count). The highest BCUT2D eigenvalue weighted by Crippen LogP contribution is 2.29. The summed E-state index contributed by atoms with van der Waals surface area (Å²) in [5.41, 5.74) is 0. The average Bonchev–Trinajstić information content (AvgIpc) is 3.21. The predicted octanol–water partition coefficient (Wildman–Crippen LogP) is 1.57. The van der Waals surface area contributed by atoms with Crippen LogP contribution in [0.2, 0.25) is 0 Å². The monoisotopic (exact) mass is 501 g/mol. The second-order valence-corrected chi connectivity index (χ2v) is 10.3. The van der Waals surface area contributed by atoms with Crippen LogP contribution in [-0.2, 0) is 19.1 Å². The van der Waals surface area contributed by atoms with Gasteiger partial charge in [-0.25, -0.2) is 0 Å². The zero-order valence-electron chi connectivity index (χ0n) is 21.5. The Bertz CT molecular complexity index is 630. The molecule has 0 bridgehead atoms. The number of unbranched alkanes of at least 4 members (excludes halogenated alkanes) is 5. The van der Waals surface area contributed by atoms with Crippen molar-refractivity contribution in [1.82, 2.24) is 4.90 Å². The number of carbonyl (C=O) groups is 2. The predicted molar refractivity (Wildman–Crippen MR) is 131 cm³/mol. The third-order valence-electron chi connectivity index (χ3n) is 7.50. The molecule has 2 heterocycles. The van der Waals surface area contributed by atoms with Crippen molar-refractivity contribution in [2.75, 3.05) is 26.9 Å². The van der Waals surface area contributed by atoms with Gasteiger partial charge in [-0.3, -0.25) is 9.59 Å². The lowest BCUT2D eigenvalue weighted by atomic mass is 9.86. The van der Waals surface area contributed by atoms with Crippen LogP contribution < -0.4 is 0 Å². The van der Waals surface area contributed by atoms with Crippen molar-refractivity contribution in [3.05, 3.63) is 0 Å². The van der Waals surface area contributed by atoms with Crippen molar-refractivity contribution in [3.63, 3.8) is 0 Å². The fraction of sp³-hybridized carbons (Fsp3) is 0.923. The fourth-order valence-corrected chi connectivity index (χ4v) is 5.27. The van der Waals surface area contributed by atoms with Gasteiger partial charge in [0.25, 0.3) is 0 Å². The molecule has 2 aliphatic heterocycles. The number of hydrogen-bond acceptors (Lipinski definition) is 8. The van der Waals surface area contributed by atoms with Crippen molar-refractivity contribution in [2.24, 2.45) is 5.92 Å². The maximum Gasteiger partial charge on any atom is 0.222 e. The summed E-state index contributed by atoms with van der Waals surface area (Å²) in [5.74, 6) is 0.152. The molecule has 0 radical (unpaired) electrons. The SMILES string of the molecule is COC[C@@H]1C[C@@H](O)CN1C(=O)CCCCCCC(=O)CCCCCC1OC(CO)C(O)C(O)C1C. The van der Waals surface area contributed by atoms with E-state index in [0.29, 0.717) is 38.8 Å². The number of methoxy groups -OCH3 is 1. The van der Waals surface area contributed by atoms with E-state index < -0.39 is 24.4 Å². The standard InChI is InChI=1S/C26H47NO8/c1-18-22(35-23(16-28)26(33)25(18)32)12-8-5-7-11-20(29)10-6-3-4-9-13-24(31)27-15-21(30)14-19(27)17-34-2/h18-19,21-23,25-26,28,30,32-33H,3-17H2,1-2H3/t18?,19-,21+,22?,23?,25?,26?/m0/s1. The summed E-state index contributed by atoms with van der Waals surface area (Å²) in [6, 6.07) is -0.0318. The number of ether oxygens (including phenoxy) is 2. The van der Waals surface area contributed by atoms with Gasteiger partial charge in [-0.2, -0.15) is 0 Å². The number of aliphatic hydroxyl groups excluding tert-OH is 4. The van der Waals surface area contributed by atoms with Crippen LogP contribution >= 0.6 is 0 Å². The van der Waals surface area contributed by atoms with E-state index in [2.05, 4.69) is 0 Å². The maximum absolute atomic E-state index is 12.4. The highest BCUT2D eigenvalue weighted by molar-refractivity contribution is 5.78. The quantitative estimate of drug-likeness (QED) is 0.234. The normalized spacial score (nSPS) is 31.1. The molecule has 9 heteroatoms. The van der Waals surface area contributed by atoms with Gasteiger partial charge in [-0.1, -0.05) is 32.6 Å². The Balaban J connectivity index is 1.48. The Morgan fingerprint density at radius 3 is 2.17 bits per heavy atom. The largest absolute Gasteiger partial charge is 0.394 e. The number of Topliss-reactive ketones (excluding diaryl/α,β-unsaturated/α-hetero) is 1. The van der Waals surface area contributed by atoms with Gasteiger partial charge >= 0.3 is 0 Å². The molecule has 2 aliphatic rings. The van der Waals surface area contributed by atoms with Gasteiger partial charge in [0.15, 0.2) is 0 Å². The molecule has 204 valence electrons. The average molecular weight is 502 g/mol. The van der Waals surface area contributed by atoms with Crippen molar-refractivity contribution in [1.29, 1.82) is 0 Å².